The Hall–Kier alpha value is -4.15. The molecule has 5 rings (SSSR count). The number of ether oxygens (including phenoxy) is 2. The zero-order valence-corrected chi connectivity index (χ0v) is 18.8. The van der Waals surface area contributed by atoms with E-state index < -0.39 is 17.2 Å². The second kappa shape index (κ2) is 8.65. The van der Waals surface area contributed by atoms with Gasteiger partial charge in [-0.25, -0.2) is 24.1 Å². The number of imidazole rings is 1. The number of para-hydroxylation sites is 2. The first-order valence-electron chi connectivity index (χ1n) is 10.9. The van der Waals surface area contributed by atoms with Crippen molar-refractivity contribution >= 4 is 17.1 Å². The van der Waals surface area contributed by atoms with E-state index in [-0.39, 0.29) is 35.3 Å². The van der Waals surface area contributed by atoms with Crippen LogP contribution in [0.25, 0.3) is 16.9 Å². The molecule has 0 unspecified atom stereocenters. The van der Waals surface area contributed by atoms with E-state index in [0.717, 1.165) is 25.7 Å². The van der Waals surface area contributed by atoms with Gasteiger partial charge in [-0.2, -0.15) is 0 Å². The average Bonchev–Trinajstić information content (AvgIpc) is 3.61. The van der Waals surface area contributed by atoms with Crippen LogP contribution in [0.2, 0.25) is 0 Å². The minimum absolute atomic E-state index is 0.0243. The van der Waals surface area contributed by atoms with Crippen LogP contribution in [-0.2, 0) is 11.3 Å². The Kier molecular flexibility index (Phi) is 5.52. The Morgan fingerprint density at radius 1 is 1.18 bits per heavy atom. The van der Waals surface area contributed by atoms with Crippen molar-refractivity contribution in [3.8, 4) is 11.4 Å². The van der Waals surface area contributed by atoms with Crippen molar-refractivity contribution in [3.63, 3.8) is 0 Å². The number of oxazole rings is 1. The topological polar surface area (TPSA) is 123 Å². The molecular formula is C23H23N5O6. The molecule has 4 aromatic rings. The first kappa shape index (κ1) is 21.7. The Balaban J connectivity index is 1.73. The van der Waals surface area contributed by atoms with E-state index in [1.54, 1.807) is 28.8 Å². The predicted octanol–water partition coefficient (Wildman–Crippen LogP) is 2.30. The third kappa shape index (κ3) is 3.49. The van der Waals surface area contributed by atoms with Crippen LogP contribution in [0.4, 0.5) is 0 Å². The number of nitrogens with zero attached hydrogens (tertiary/aromatic N) is 5. The summed E-state index contributed by atoms with van der Waals surface area (Å²) in [7, 11) is 2.77. The van der Waals surface area contributed by atoms with E-state index in [4.69, 9.17) is 9.15 Å². The molecular weight excluding hydrogens is 442 g/mol. The number of methoxy groups -OCH3 is 2. The predicted molar refractivity (Wildman–Crippen MR) is 121 cm³/mol. The molecule has 1 fully saturated rings. The summed E-state index contributed by atoms with van der Waals surface area (Å²) in [4.78, 5) is 47.6. The van der Waals surface area contributed by atoms with E-state index in [1.807, 2.05) is 0 Å². The summed E-state index contributed by atoms with van der Waals surface area (Å²) < 4.78 is 19.9. The third-order valence-electron chi connectivity index (χ3n) is 6.12. The summed E-state index contributed by atoms with van der Waals surface area (Å²) in [5, 5.41) is 0. The quantitative estimate of drug-likeness (QED) is 0.398. The van der Waals surface area contributed by atoms with Crippen LogP contribution in [0.3, 0.4) is 0 Å². The van der Waals surface area contributed by atoms with Crippen LogP contribution < -0.4 is 16.0 Å². The van der Waals surface area contributed by atoms with Crippen LogP contribution >= 0.6 is 0 Å². The smallest absolute Gasteiger partial charge is 0.360 e. The number of carbonyl (C=O) groups is 1. The SMILES string of the molecule is COC(=O)c1coc(Cn2cnc3c2c(=O)n(C2CCCC2)c(=O)n3-c2ccccc2OC)n1. The molecule has 0 bridgehead atoms. The number of hydrogen-bond acceptors (Lipinski definition) is 8. The third-order valence-corrected chi connectivity index (χ3v) is 6.12. The second-order valence-corrected chi connectivity index (χ2v) is 8.07. The number of rotatable bonds is 6. The Morgan fingerprint density at radius 3 is 2.68 bits per heavy atom. The maximum atomic E-state index is 13.7. The summed E-state index contributed by atoms with van der Waals surface area (Å²) in [5.74, 6) is 0.0492. The maximum Gasteiger partial charge on any atom is 0.360 e. The van der Waals surface area contributed by atoms with E-state index >= 15 is 0 Å². The fourth-order valence-electron chi connectivity index (χ4n) is 4.52. The molecule has 0 spiro atoms. The lowest BCUT2D eigenvalue weighted by Gasteiger charge is -2.18. The molecule has 1 aliphatic rings. The number of hydrogen-bond donors (Lipinski definition) is 0. The Morgan fingerprint density at radius 2 is 1.94 bits per heavy atom. The molecule has 1 aromatic carbocycles. The van der Waals surface area contributed by atoms with Gasteiger partial charge in [-0.15, -0.1) is 0 Å². The van der Waals surface area contributed by atoms with Gasteiger partial charge in [0.2, 0.25) is 5.89 Å². The summed E-state index contributed by atoms with van der Waals surface area (Å²) in [6.45, 7) is 0.0392. The summed E-state index contributed by atoms with van der Waals surface area (Å²) in [6.07, 6.45) is 6.07. The van der Waals surface area contributed by atoms with Crippen molar-refractivity contribution in [1.29, 1.82) is 0 Å². The van der Waals surface area contributed by atoms with Gasteiger partial charge in [0.1, 0.15) is 18.6 Å². The lowest BCUT2D eigenvalue weighted by atomic mass is 10.2. The highest BCUT2D eigenvalue weighted by Crippen LogP contribution is 2.29. The van der Waals surface area contributed by atoms with Crippen LogP contribution in [0.5, 0.6) is 5.75 Å². The molecule has 1 aliphatic carbocycles. The van der Waals surface area contributed by atoms with Crippen molar-refractivity contribution in [2.24, 2.45) is 0 Å². The molecule has 176 valence electrons. The van der Waals surface area contributed by atoms with Crippen molar-refractivity contribution in [2.75, 3.05) is 14.2 Å². The van der Waals surface area contributed by atoms with E-state index in [9.17, 15) is 14.4 Å². The van der Waals surface area contributed by atoms with Gasteiger partial charge in [0, 0.05) is 6.04 Å². The molecule has 3 aromatic heterocycles. The minimum atomic E-state index is -0.626. The van der Waals surface area contributed by atoms with Gasteiger partial charge in [-0.05, 0) is 25.0 Å². The molecule has 0 saturated heterocycles. The Bertz CT molecular complexity index is 1490. The van der Waals surface area contributed by atoms with Gasteiger partial charge in [0.15, 0.2) is 16.9 Å². The zero-order chi connectivity index (χ0) is 23.8. The van der Waals surface area contributed by atoms with Gasteiger partial charge < -0.3 is 18.5 Å². The summed E-state index contributed by atoms with van der Waals surface area (Å²) in [6, 6.07) is 6.90. The van der Waals surface area contributed by atoms with E-state index in [0.29, 0.717) is 11.4 Å². The molecule has 0 atom stereocenters. The van der Waals surface area contributed by atoms with Crippen LogP contribution in [0.1, 0.15) is 48.1 Å². The molecule has 1 saturated carbocycles. The highest BCUT2D eigenvalue weighted by atomic mass is 16.5. The number of benzene rings is 1. The number of aromatic nitrogens is 5. The lowest BCUT2D eigenvalue weighted by Crippen LogP contribution is -2.42. The van der Waals surface area contributed by atoms with Crippen molar-refractivity contribution in [3.05, 3.63) is 69.3 Å². The normalized spacial score (nSPS) is 14.1. The number of fused-ring (bicyclic) bond motifs is 1. The molecule has 0 aliphatic heterocycles. The molecule has 0 N–H and O–H groups in total. The van der Waals surface area contributed by atoms with E-state index in [2.05, 4.69) is 14.7 Å². The molecule has 11 heteroatoms. The van der Waals surface area contributed by atoms with Gasteiger partial charge in [-0.3, -0.25) is 9.36 Å². The zero-order valence-electron chi connectivity index (χ0n) is 18.8. The monoisotopic (exact) mass is 465 g/mol. The van der Waals surface area contributed by atoms with Crippen molar-refractivity contribution in [1.82, 2.24) is 23.7 Å². The van der Waals surface area contributed by atoms with E-state index in [1.165, 1.54) is 35.9 Å². The van der Waals surface area contributed by atoms with Gasteiger partial charge in [0.05, 0.1) is 26.2 Å². The highest BCUT2D eigenvalue weighted by molar-refractivity contribution is 5.86. The summed E-state index contributed by atoms with van der Waals surface area (Å²) in [5.41, 5.74) is 0.0691. The van der Waals surface area contributed by atoms with Gasteiger partial charge >= 0.3 is 11.7 Å². The number of esters is 1. The summed E-state index contributed by atoms with van der Waals surface area (Å²) >= 11 is 0. The molecule has 34 heavy (non-hydrogen) atoms. The molecule has 0 radical (unpaired) electrons. The van der Waals surface area contributed by atoms with Crippen LogP contribution in [0.15, 0.2) is 50.9 Å². The van der Waals surface area contributed by atoms with Gasteiger partial charge in [-0.1, -0.05) is 25.0 Å². The molecule has 11 nitrogen and oxygen atoms in total. The van der Waals surface area contributed by atoms with Crippen LogP contribution in [-0.4, -0.2) is 43.9 Å². The Labute approximate surface area is 193 Å². The number of carbonyl (C=O) groups excluding carboxylic acids is 1. The molecule has 3 heterocycles. The van der Waals surface area contributed by atoms with Crippen molar-refractivity contribution < 1.29 is 18.7 Å². The van der Waals surface area contributed by atoms with Crippen molar-refractivity contribution in [2.45, 2.75) is 38.3 Å². The maximum absolute atomic E-state index is 13.7. The first-order chi connectivity index (χ1) is 16.5. The lowest BCUT2D eigenvalue weighted by molar-refractivity contribution is 0.0594. The largest absolute Gasteiger partial charge is 0.495 e. The fraction of sp³-hybridized carbons (Fsp3) is 0.348. The first-order valence-corrected chi connectivity index (χ1v) is 10.9. The fourth-order valence-corrected chi connectivity index (χ4v) is 4.52. The van der Waals surface area contributed by atoms with Gasteiger partial charge in [0.25, 0.3) is 5.56 Å². The second-order valence-electron chi connectivity index (χ2n) is 8.07. The highest BCUT2D eigenvalue weighted by Gasteiger charge is 2.27. The average molecular weight is 465 g/mol. The van der Waals surface area contributed by atoms with Crippen LogP contribution in [0, 0.1) is 0 Å². The molecule has 0 amide bonds. The minimum Gasteiger partial charge on any atom is -0.495 e. The standard InChI is InChI=1S/C23H23N5O6/c1-32-17-10-6-5-9-16(17)28-20-19(21(29)27(23(28)31)14-7-3-4-8-14)26(13-24-20)11-18-25-15(12-34-18)22(30)33-2/h5-6,9-10,12-14H,3-4,7-8,11H2,1-2H3.